The fourth-order valence-corrected chi connectivity index (χ4v) is 5.02. The van der Waals surface area contributed by atoms with Gasteiger partial charge in [-0.3, -0.25) is 19.5 Å². The van der Waals surface area contributed by atoms with Gasteiger partial charge in [0.05, 0.1) is 12.1 Å². The van der Waals surface area contributed by atoms with Crippen molar-refractivity contribution in [1.29, 1.82) is 0 Å². The predicted octanol–water partition coefficient (Wildman–Crippen LogP) is 2.35. The topological polar surface area (TPSA) is 56.8 Å². The summed E-state index contributed by atoms with van der Waals surface area (Å²) in [5, 5.41) is 3.12. The molecule has 1 atom stereocenters. The Bertz CT molecular complexity index is 1050. The highest BCUT2D eigenvalue weighted by Gasteiger charge is 2.42. The Balaban J connectivity index is 1.34. The van der Waals surface area contributed by atoms with Gasteiger partial charge >= 0.3 is 0 Å². The fourth-order valence-electron chi connectivity index (χ4n) is 4.30. The first-order valence-corrected chi connectivity index (χ1v) is 10.7. The molecule has 2 aliphatic rings. The maximum Gasteiger partial charge on any atom is 0.247 e. The lowest BCUT2D eigenvalue weighted by Crippen LogP contribution is -2.66. The monoisotopic (exact) mass is 406 g/mol. The fraction of sp³-hybridized carbons (Fsp3) is 0.318. The van der Waals surface area contributed by atoms with Crippen LogP contribution in [0.5, 0.6) is 0 Å². The van der Waals surface area contributed by atoms with Crippen LogP contribution in [-0.4, -0.2) is 63.7 Å². The van der Waals surface area contributed by atoms with Crippen LogP contribution in [0.25, 0.3) is 10.9 Å². The highest BCUT2D eigenvalue weighted by atomic mass is 32.1. The van der Waals surface area contributed by atoms with E-state index in [1.54, 1.807) is 21.1 Å². The zero-order valence-electron chi connectivity index (χ0n) is 16.0. The maximum atomic E-state index is 13.1. The molecule has 2 aliphatic heterocycles. The zero-order chi connectivity index (χ0) is 19.8. The number of amides is 2. The number of nitrogens with zero attached hydrogens (tertiary/aromatic N) is 4. The molecule has 6 nitrogen and oxygen atoms in total. The quantitative estimate of drug-likeness (QED) is 0.668. The minimum atomic E-state index is -0.395. The molecule has 4 heterocycles. The van der Waals surface area contributed by atoms with Gasteiger partial charge in [-0.05, 0) is 23.1 Å². The highest BCUT2D eigenvalue weighted by Crippen LogP contribution is 2.24. The van der Waals surface area contributed by atoms with Gasteiger partial charge in [0.15, 0.2) is 0 Å². The molecular formula is C22H22N4O2S. The first-order chi connectivity index (χ1) is 14.2. The molecule has 0 aliphatic carbocycles. The minimum Gasteiger partial charge on any atom is -0.327 e. The van der Waals surface area contributed by atoms with Crippen LogP contribution in [-0.2, 0) is 22.7 Å². The molecule has 5 rings (SSSR count). The number of pyridine rings is 1. The second-order valence-electron chi connectivity index (χ2n) is 7.60. The van der Waals surface area contributed by atoms with E-state index in [0.717, 1.165) is 34.4 Å². The predicted molar refractivity (Wildman–Crippen MR) is 112 cm³/mol. The maximum absolute atomic E-state index is 13.1. The van der Waals surface area contributed by atoms with Crippen LogP contribution in [0.15, 0.2) is 54.0 Å². The van der Waals surface area contributed by atoms with Crippen molar-refractivity contribution in [2.75, 3.05) is 26.2 Å². The lowest BCUT2D eigenvalue weighted by atomic mass is 10.0. The van der Waals surface area contributed by atoms with E-state index in [1.165, 1.54) is 0 Å². The van der Waals surface area contributed by atoms with Crippen molar-refractivity contribution in [3.8, 4) is 0 Å². The summed E-state index contributed by atoms with van der Waals surface area (Å²) in [7, 11) is 0. The molecule has 3 aromatic rings. The van der Waals surface area contributed by atoms with E-state index in [9.17, 15) is 9.59 Å². The molecule has 1 aromatic carbocycles. The van der Waals surface area contributed by atoms with Crippen LogP contribution in [0.4, 0.5) is 0 Å². The second kappa shape index (κ2) is 7.57. The third-order valence-electron chi connectivity index (χ3n) is 5.74. The Labute approximate surface area is 173 Å². The average molecular weight is 407 g/mol. The van der Waals surface area contributed by atoms with Gasteiger partial charge in [0.2, 0.25) is 11.8 Å². The number of hydrogen-bond donors (Lipinski definition) is 0. The van der Waals surface area contributed by atoms with Gasteiger partial charge in [0, 0.05) is 42.6 Å². The standard InChI is InChI=1S/C22H22N4O2S/c27-20-15-25(13-18-7-3-11-29-18)22(28)19-14-24(9-10-26(19)20)12-17-5-1-4-16-6-2-8-23-21(16)17/h1-8,11,19H,9-10,12-15H2. The van der Waals surface area contributed by atoms with Crippen molar-refractivity contribution in [2.24, 2.45) is 0 Å². The first-order valence-electron chi connectivity index (χ1n) is 9.84. The molecule has 0 N–H and O–H groups in total. The molecule has 0 saturated carbocycles. The van der Waals surface area contributed by atoms with Gasteiger partial charge < -0.3 is 9.80 Å². The molecule has 2 saturated heterocycles. The van der Waals surface area contributed by atoms with Crippen LogP contribution in [0.2, 0.25) is 0 Å². The Hall–Kier alpha value is -2.77. The molecule has 2 fully saturated rings. The Kier molecular flexibility index (Phi) is 4.77. The summed E-state index contributed by atoms with van der Waals surface area (Å²) in [6.07, 6.45) is 1.82. The van der Waals surface area contributed by atoms with Crippen LogP contribution >= 0.6 is 11.3 Å². The van der Waals surface area contributed by atoms with Crippen molar-refractivity contribution in [3.05, 3.63) is 64.5 Å². The van der Waals surface area contributed by atoms with Crippen molar-refractivity contribution in [2.45, 2.75) is 19.1 Å². The van der Waals surface area contributed by atoms with E-state index in [4.69, 9.17) is 0 Å². The molecule has 2 amide bonds. The second-order valence-corrected chi connectivity index (χ2v) is 8.64. The molecule has 29 heavy (non-hydrogen) atoms. The Morgan fingerprint density at radius 3 is 2.79 bits per heavy atom. The molecule has 0 spiro atoms. The summed E-state index contributed by atoms with van der Waals surface area (Å²) in [6.45, 7) is 3.35. The number of thiophene rings is 1. The van der Waals surface area contributed by atoms with Gasteiger partial charge in [-0.1, -0.05) is 30.3 Å². The number of aromatic nitrogens is 1. The van der Waals surface area contributed by atoms with Gasteiger partial charge in [0.1, 0.15) is 12.6 Å². The lowest BCUT2D eigenvalue weighted by Gasteiger charge is -2.46. The van der Waals surface area contributed by atoms with E-state index in [-0.39, 0.29) is 18.4 Å². The highest BCUT2D eigenvalue weighted by molar-refractivity contribution is 7.09. The number of carbonyl (C=O) groups excluding carboxylic acids is 2. The van der Waals surface area contributed by atoms with E-state index in [1.807, 2.05) is 35.8 Å². The van der Waals surface area contributed by atoms with Crippen LogP contribution < -0.4 is 0 Å². The van der Waals surface area contributed by atoms with Crippen molar-refractivity contribution in [1.82, 2.24) is 19.7 Å². The van der Waals surface area contributed by atoms with Gasteiger partial charge in [-0.15, -0.1) is 11.3 Å². The lowest BCUT2D eigenvalue weighted by molar-refractivity contribution is -0.160. The summed E-state index contributed by atoms with van der Waals surface area (Å²) in [5.74, 6) is 0.108. The third-order valence-corrected chi connectivity index (χ3v) is 6.61. The molecule has 7 heteroatoms. The normalized spacial score (nSPS) is 20.3. The van der Waals surface area contributed by atoms with Gasteiger partial charge in [0.25, 0.3) is 0 Å². The van der Waals surface area contributed by atoms with E-state index in [0.29, 0.717) is 19.6 Å². The Morgan fingerprint density at radius 1 is 1.03 bits per heavy atom. The number of hydrogen-bond acceptors (Lipinski definition) is 5. The first kappa shape index (κ1) is 18.3. The van der Waals surface area contributed by atoms with Crippen molar-refractivity contribution >= 4 is 34.1 Å². The van der Waals surface area contributed by atoms with E-state index >= 15 is 0 Å². The molecule has 0 radical (unpaired) electrons. The van der Waals surface area contributed by atoms with Crippen LogP contribution in [0.1, 0.15) is 10.4 Å². The number of para-hydroxylation sites is 1. The smallest absolute Gasteiger partial charge is 0.247 e. The average Bonchev–Trinajstić information content (AvgIpc) is 3.25. The van der Waals surface area contributed by atoms with Crippen molar-refractivity contribution < 1.29 is 9.59 Å². The van der Waals surface area contributed by atoms with Crippen LogP contribution in [0, 0.1) is 0 Å². The molecular weight excluding hydrogens is 384 g/mol. The SMILES string of the molecule is O=C1C2CN(Cc3cccc4cccnc34)CCN2C(=O)CN1Cc1cccs1. The summed E-state index contributed by atoms with van der Waals surface area (Å²) >= 11 is 1.62. The molecule has 1 unspecified atom stereocenters. The van der Waals surface area contributed by atoms with Crippen LogP contribution in [0.3, 0.4) is 0 Å². The van der Waals surface area contributed by atoms with Crippen molar-refractivity contribution in [3.63, 3.8) is 0 Å². The van der Waals surface area contributed by atoms with E-state index in [2.05, 4.69) is 28.1 Å². The minimum absolute atomic E-state index is 0.0534. The number of benzene rings is 1. The van der Waals surface area contributed by atoms with Gasteiger partial charge in [-0.25, -0.2) is 0 Å². The zero-order valence-corrected chi connectivity index (χ0v) is 16.8. The van der Waals surface area contributed by atoms with E-state index < -0.39 is 6.04 Å². The number of carbonyl (C=O) groups is 2. The summed E-state index contributed by atoms with van der Waals surface area (Å²) in [6, 6.07) is 13.8. The summed E-state index contributed by atoms with van der Waals surface area (Å²) < 4.78 is 0. The summed E-state index contributed by atoms with van der Waals surface area (Å²) in [4.78, 5) is 37.2. The number of fused-ring (bicyclic) bond motifs is 2. The Morgan fingerprint density at radius 2 is 1.93 bits per heavy atom. The molecule has 0 bridgehead atoms. The third kappa shape index (κ3) is 3.52. The number of piperazine rings is 2. The largest absolute Gasteiger partial charge is 0.327 e. The summed E-state index contributed by atoms with van der Waals surface area (Å²) in [5.41, 5.74) is 2.16. The van der Waals surface area contributed by atoms with Gasteiger partial charge in [-0.2, -0.15) is 0 Å². The molecule has 2 aromatic heterocycles. The molecule has 148 valence electrons. The number of rotatable bonds is 4.